The van der Waals surface area contributed by atoms with Crippen molar-refractivity contribution in [3.8, 4) is 5.88 Å². The van der Waals surface area contributed by atoms with Crippen LogP contribution in [0.2, 0.25) is 0 Å². The highest BCUT2D eigenvalue weighted by Crippen LogP contribution is 2.33. The van der Waals surface area contributed by atoms with Gasteiger partial charge in [-0.15, -0.1) is 0 Å². The number of fused-ring (bicyclic) bond motifs is 1. The number of hydrogen-bond acceptors (Lipinski definition) is 4. The molecule has 1 N–H and O–H groups in total. The molecule has 0 saturated carbocycles. The first-order valence-electron chi connectivity index (χ1n) is 6.73. The van der Waals surface area contributed by atoms with Crippen LogP contribution in [-0.2, 0) is 0 Å². The number of carbonyl (C=O) groups excluding carboxylic acids is 1. The molecular weight excluding hydrogens is 242 g/mol. The lowest BCUT2D eigenvalue weighted by Gasteiger charge is -2.25. The first-order chi connectivity index (χ1) is 9.22. The second-order valence-electron chi connectivity index (χ2n) is 5.34. The van der Waals surface area contributed by atoms with Crippen LogP contribution in [0.5, 0.6) is 5.88 Å². The van der Waals surface area contributed by atoms with Crippen LogP contribution in [0.4, 0.5) is 0 Å². The zero-order valence-electron chi connectivity index (χ0n) is 11.3. The van der Waals surface area contributed by atoms with Crippen LogP contribution in [0.1, 0.15) is 17.3 Å². The number of rotatable bonds is 2. The van der Waals surface area contributed by atoms with Gasteiger partial charge in [-0.2, -0.15) is 0 Å². The molecule has 1 aromatic heterocycles. The molecule has 2 saturated heterocycles. The van der Waals surface area contributed by atoms with Gasteiger partial charge in [-0.05, 0) is 30.9 Å². The molecule has 3 unspecified atom stereocenters. The summed E-state index contributed by atoms with van der Waals surface area (Å²) in [5, 5.41) is 3.40. The number of nitrogens with one attached hydrogen (secondary N) is 1. The Hall–Kier alpha value is -1.62. The average Bonchev–Trinajstić information content (AvgIpc) is 3.01. The van der Waals surface area contributed by atoms with Crippen molar-refractivity contribution in [2.45, 2.75) is 13.0 Å². The van der Waals surface area contributed by atoms with Crippen molar-refractivity contribution in [3.63, 3.8) is 0 Å². The van der Waals surface area contributed by atoms with Crippen LogP contribution >= 0.6 is 0 Å². The molecule has 1 aromatic rings. The van der Waals surface area contributed by atoms with E-state index in [0.29, 0.717) is 23.3 Å². The van der Waals surface area contributed by atoms with Crippen LogP contribution in [0.15, 0.2) is 18.3 Å². The molecule has 0 aliphatic carbocycles. The van der Waals surface area contributed by atoms with Gasteiger partial charge < -0.3 is 15.0 Å². The Morgan fingerprint density at radius 3 is 3.11 bits per heavy atom. The Kier molecular flexibility index (Phi) is 3.14. The maximum Gasteiger partial charge on any atom is 0.259 e. The van der Waals surface area contributed by atoms with E-state index in [2.05, 4.69) is 17.2 Å². The molecule has 0 radical (unpaired) electrons. The third-order valence-corrected chi connectivity index (χ3v) is 4.39. The molecule has 0 aromatic carbocycles. The molecule has 5 heteroatoms. The lowest BCUT2D eigenvalue weighted by Crippen LogP contribution is -2.38. The predicted molar refractivity (Wildman–Crippen MR) is 71.1 cm³/mol. The normalized spacial score (nSPS) is 29.4. The van der Waals surface area contributed by atoms with Crippen molar-refractivity contribution in [3.05, 3.63) is 23.9 Å². The number of methoxy groups -OCH3 is 1. The van der Waals surface area contributed by atoms with Crippen molar-refractivity contribution in [2.75, 3.05) is 26.7 Å². The second-order valence-corrected chi connectivity index (χ2v) is 5.34. The SMILES string of the molecule is COc1ncccc1C(=O)N1CC2CNCC2C1C. The monoisotopic (exact) mass is 261 g/mol. The quantitative estimate of drug-likeness (QED) is 0.854. The fourth-order valence-electron chi connectivity index (χ4n) is 3.31. The molecule has 1 amide bonds. The molecule has 5 nitrogen and oxygen atoms in total. The summed E-state index contributed by atoms with van der Waals surface area (Å²) in [7, 11) is 1.55. The first-order valence-corrected chi connectivity index (χ1v) is 6.73. The van der Waals surface area contributed by atoms with Crippen LogP contribution in [0.3, 0.4) is 0 Å². The van der Waals surface area contributed by atoms with E-state index in [1.165, 1.54) is 0 Å². The second kappa shape index (κ2) is 4.81. The molecule has 3 atom stereocenters. The molecule has 19 heavy (non-hydrogen) atoms. The summed E-state index contributed by atoms with van der Waals surface area (Å²) in [5.74, 6) is 1.61. The number of ether oxygens (including phenoxy) is 1. The standard InChI is InChI=1S/C14H19N3O2/c1-9-12-7-15-6-10(12)8-17(9)14(18)11-4-3-5-16-13(11)19-2/h3-5,9-10,12,15H,6-8H2,1-2H3. The van der Waals surface area contributed by atoms with Crippen molar-refractivity contribution in [2.24, 2.45) is 11.8 Å². The van der Waals surface area contributed by atoms with Crippen molar-refractivity contribution in [1.82, 2.24) is 15.2 Å². The molecule has 2 aliphatic heterocycles. The van der Waals surface area contributed by atoms with E-state index in [4.69, 9.17) is 4.74 Å². The van der Waals surface area contributed by atoms with Crippen LogP contribution in [0, 0.1) is 11.8 Å². The van der Waals surface area contributed by atoms with Crippen LogP contribution < -0.4 is 10.1 Å². The van der Waals surface area contributed by atoms with Gasteiger partial charge in [0.2, 0.25) is 5.88 Å². The van der Waals surface area contributed by atoms with E-state index in [-0.39, 0.29) is 11.9 Å². The van der Waals surface area contributed by atoms with E-state index in [0.717, 1.165) is 19.6 Å². The highest BCUT2D eigenvalue weighted by molar-refractivity contribution is 5.96. The van der Waals surface area contributed by atoms with Crippen molar-refractivity contribution in [1.29, 1.82) is 0 Å². The summed E-state index contributed by atoms with van der Waals surface area (Å²) >= 11 is 0. The van der Waals surface area contributed by atoms with Gasteiger partial charge in [0, 0.05) is 31.9 Å². The minimum Gasteiger partial charge on any atom is -0.480 e. The smallest absolute Gasteiger partial charge is 0.259 e. The first kappa shape index (κ1) is 12.4. The maximum atomic E-state index is 12.7. The Balaban J connectivity index is 1.85. The topological polar surface area (TPSA) is 54.5 Å². The maximum absolute atomic E-state index is 12.7. The van der Waals surface area contributed by atoms with Gasteiger partial charge in [-0.1, -0.05) is 0 Å². The lowest BCUT2D eigenvalue weighted by atomic mass is 9.95. The predicted octanol–water partition coefficient (Wildman–Crippen LogP) is 0.770. The number of likely N-dealkylation sites (tertiary alicyclic amines) is 1. The van der Waals surface area contributed by atoms with E-state index in [9.17, 15) is 4.79 Å². The Morgan fingerprint density at radius 2 is 2.37 bits per heavy atom. The highest BCUT2D eigenvalue weighted by Gasteiger charge is 2.44. The molecule has 3 heterocycles. The third kappa shape index (κ3) is 1.98. The third-order valence-electron chi connectivity index (χ3n) is 4.39. The minimum atomic E-state index is 0.0341. The molecule has 2 fully saturated rings. The Bertz CT molecular complexity index is 491. The van der Waals surface area contributed by atoms with E-state index in [1.807, 2.05) is 4.90 Å². The molecule has 0 bridgehead atoms. The zero-order valence-corrected chi connectivity index (χ0v) is 11.3. The van der Waals surface area contributed by atoms with Crippen molar-refractivity contribution < 1.29 is 9.53 Å². The largest absolute Gasteiger partial charge is 0.480 e. The summed E-state index contributed by atoms with van der Waals surface area (Å²) in [5.41, 5.74) is 0.560. The molecule has 0 spiro atoms. The van der Waals surface area contributed by atoms with E-state index in [1.54, 1.807) is 25.4 Å². The van der Waals surface area contributed by atoms with E-state index < -0.39 is 0 Å². The van der Waals surface area contributed by atoms with Gasteiger partial charge in [0.15, 0.2) is 0 Å². The number of hydrogen-bond donors (Lipinski definition) is 1. The van der Waals surface area contributed by atoms with Gasteiger partial charge >= 0.3 is 0 Å². The molecular formula is C14H19N3O2. The number of aromatic nitrogens is 1. The molecule has 102 valence electrons. The van der Waals surface area contributed by atoms with Crippen LogP contribution in [0.25, 0.3) is 0 Å². The van der Waals surface area contributed by atoms with Gasteiger partial charge in [0.1, 0.15) is 5.56 Å². The number of amides is 1. The number of pyridine rings is 1. The van der Waals surface area contributed by atoms with Gasteiger partial charge in [-0.25, -0.2) is 4.98 Å². The fourth-order valence-corrected chi connectivity index (χ4v) is 3.31. The highest BCUT2D eigenvalue weighted by atomic mass is 16.5. The summed E-state index contributed by atoms with van der Waals surface area (Å²) in [6.45, 7) is 5.00. The Labute approximate surface area is 113 Å². The van der Waals surface area contributed by atoms with Crippen LogP contribution in [-0.4, -0.2) is 48.6 Å². The summed E-state index contributed by atoms with van der Waals surface area (Å²) in [6, 6.07) is 3.84. The van der Waals surface area contributed by atoms with Gasteiger partial charge in [-0.3, -0.25) is 4.79 Å². The lowest BCUT2D eigenvalue weighted by molar-refractivity contribution is 0.0724. The van der Waals surface area contributed by atoms with Gasteiger partial charge in [0.25, 0.3) is 5.91 Å². The zero-order chi connectivity index (χ0) is 13.4. The average molecular weight is 261 g/mol. The summed E-state index contributed by atoms with van der Waals surface area (Å²) in [6.07, 6.45) is 1.64. The minimum absolute atomic E-state index is 0.0341. The number of carbonyl (C=O) groups is 1. The molecule has 3 rings (SSSR count). The van der Waals surface area contributed by atoms with Crippen molar-refractivity contribution >= 4 is 5.91 Å². The summed E-state index contributed by atoms with van der Waals surface area (Å²) in [4.78, 5) is 18.7. The Morgan fingerprint density at radius 1 is 1.53 bits per heavy atom. The number of nitrogens with zero attached hydrogens (tertiary/aromatic N) is 2. The molecule has 2 aliphatic rings. The fraction of sp³-hybridized carbons (Fsp3) is 0.571. The van der Waals surface area contributed by atoms with E-state index >= 15 is 0 Å². The summed E-state index contributed by atoms with van der Waals surface area (Å²) < 4.78 is 5.18. The van der Waals surface area contributed by atoms with Gasteiger partial charge in [0.05, 0.1) is 7.11 Å².